The molecule has 0 spiro atoms. The zero-order valence-corrected chi connectivity index (χ0v) is 12.9. The number of H-pyrrole nitrogens is 1. The van der Waals surface area contributed by atoms with Crippen LogP contribution in [0.4, 0.5) is 11.8 Å². The summed E-state index contributed by atoms with van der Waals surface area (Å²) in [6.07, 6.45) is 1.65. The van der Waals surface area contributed by atoms with E-state index in [1.54, 1.807) is 6.33 Å². The third kappa shape index (κ3) is 3.00. The van der Waals surface area contributed by atoms with Crippen LogP contribution in [0.5, 0.6) is 0 Å². The second-order valence-corrected chi connectivity index (χ2v) is 5.78. The Morgan fingerprint density at radius 2 is 1.85 bits per heavy atom. The number of imidazole rings is 1. The molecule has 6 nitrogen and oxygen atoms in total. The number of fused-ring (bicyclic) bond motifs is 1. The molecule has 0 saturated heterocycles. The highest BCUT2D eigenvalue weighted by Gasteiger charge is 2.18. The van der Waals surface area contributed by atoms with E-state index in [1.807, 2.05) is 7.05 Å². The second-order valence-electron chi connectivity index (χ2n) is 5.78. The quantitative estimate of drug-likeness (QED) is 0.756. The summed E-state index contributed by atoms with van der Waals surface area (Å²) in [5, 5.41) is 6.42. The van der Waals surface area contributed by atoms with Gasteiger partial charge in [0.25, 0.3) is 0 Å². The lowest BCUT2D eigenvalue weighted by Gasteiger charge is -2.25. The highest BCUT2D eigenvalue weighted by atomic mass is 15.2. The van der Waals surface area contributed by atoms with Crippen molar-refractivity contribution in [3.05, 3.63) is 6.33 Å². The lowest BCUT2D eigenvalue weighted by molar-refractivity contribution is 0.304. The third-order valence-electron chi connectivity index (χ3n) is 3.73. The van der Waals surface area contributed by atoms with Crippen LogP contribution in [0.3, 0.4) is 0 Å². The van der Waals surface area contributed by atoms with Gasteiger partial charge in [0.15, 0.2) is 11.5 Å². The Kier molecular flexibility index (Phi) is 4.42. The van der Waals surface area contributed by atoms with E-state index in [1.165, 1.54) is 0 Å². The van der Waals surface area contributed by atoms with E-state index < -0.39 is 0 Å². The molecule has 0 atom stereocenters. The molecule has 0 aliphatic rings. The molecule has 0 aromatic carbocycles. The molecule has 0 saturated carbocycles. The fourth-order valence-electron chi connectivity index (χ4n) is 2.53. The number of hydrogen-bond acceptors (Lipinski definition) is 5. The maximum atomic E-state index is 4.48. The van der Waals surface area contributed by atoms with Gasteiger partial charge in [0.05, 0.1) is 6.33 Å². The van der Waals surface area contributed by atoms with E-state index in [9.17, 15) is 0 Å². The Bertz CT molecular complexity index is 552. The number of rotatable bonds is 6. The molecule has 0 aliphatic heterocycles. The third-order valence-corrected chi connectivity index (χ3v) is 3.73. The Balaban J connectivity index is 2.22. The monoisotopic (exact) mass is 276 g/mol. The molecular weight excluding hydrogens is 252 g/mol. The van der Waals surface area contributed by atoms with Crippen LogP contribution in [0, 0.1) is 17.8 Å². The summed E-state index contributed by atoms with van der Waals surface area (Å²) >= 11 is 0. The van der Waals surface area contributed by atoms with Crippen molar-refractivity contribution in [3.8, 4) is 0 Å². The minimum absolute atomic E-state index is 0.581. The van der Waals surface area contributed by atoms with Crippen LogP contribution in [0.15, 0.2) is 6.33 Å². The first-order valence-electron chi connectivity index (χ1n) is 7.15. The summed E-state index contributed by atoms with van der Waals surface area (Å²) in [6.45, 7) is 9.94. The Hall–Kier alpha value is -1.85. The average molecular weight is 276 g/mol. The largest absolute Gasteiger partial charge is 0.368 e. The Morgan fingerprint density at radius 3 is 2.45 bits per heavy atom. The van der Waals surface area contributed by atoms with Crippen molar-refractivity contribution >= 4 is 22.9 Å². The maximum Gasteiger partial charge on any atom is 0.226 e. The van der Waals surface area contributed by atoms with Crippen LogP contribution in [0.2, 0.25) is 0 Å². The molecule has 0 fully saturated rings. The van der Waals surface area contributed by atoms with Crippen molar-refractivity contribution in [2.45, 2.75) is 27.7 Å². The van der Waals surface area contributed by atoms with Crippen molar-refractivity contribution in [3.63, 3.8) is 0 Å². The fourth-order valence-corrected chi connectivity index (χ4v) is 2.53. The van der Waals surface area contributed by atoms with Crippen LogP contribution in [0.25, 0.3) is 11.2 Å². The summed E-state index contributed by atoms with van der Waals surface area (Å²) < 4.78 is 0. The SMILES string of the molecule is CNc1nc(NCC(C(C)C)C(C)C)c2[nH]cnc2n1. The number of nitrogens with one attached hydrogen (secondary N) is 3. The zero-order chi connectivity index (χ0) is 14.7. The van der Waals surface area contributed by atoms with Gasteiger partial charge in [-0.05, 0) is 17.8 Å². The average Bonchev–Trinajstić information content (AvgIpc) is 2.85. The van der Waals surface area contributed by atoms with Crippen molar-refractivity contribution < 1.29 is 0 Å². The molecule has 3 N–H and O–H groups in total. The fraction of sp³-hybridized carbons (Fsp3) is 0.643. The minimum atomic E-state index is 0.581. The van der Waals surface area contributed by atoms with Gasteiger partial charge >= 0.3 is 0 Å². The first kappa shape index (κ1) is 14.6. The predicted octanol–water partition coefficient (Wildman–Crippen LogP) is 2.73. The van der Waals surface area contributed by atoms with Gasteiger partial charge in [-0.3, -0.25) is 0 Å². The summed E-state index contributed by atoms with van der Waals surface area (Å²) in [4.78, 5) is 16.1. The molecule has 2 heterocycles. The van der Waals surface area contributed by atoms with E-state index in [0.29, 0.717) is 29.3 Å². The highest BCUT2D eigenvalue weighted by Crippen LogP contribution is 2.23. The molecule has 6 heteroatoms. The lowest BCUT2D eigenvalue weighted by atomic mass is 9.85. The van der Waals surface area contributed by atoms with E-state index in [-0.39, 0.29) is 0 Å². The number of aromatic amines is 1. The number of anilines is 2. The molecule has 0 bridgehead atoms. The minimum Gasteiger partial charge on any atom is -0.368 e. The second kappa shape index (κ2) is 6.07. The lowest BCUT2D eigenvalue weighted by Crippen LogP contribution is -2.25. The predicted molar refractivity (Wildman–Crippen MR) is 82.9 cm³/mol. The van der Waals surface area contributed by atoms with Gasteiger partial charge < -0.3 is 15.6 Å². The van der Waals surface area contributed by atoms with Crippen molar-refractivity contribution in [1.82, 2.24) is 19.9 Å². The Morgan fingerprint density at radius 1 is 1.15 bits per heavy atom. The van der Waals surface area contributed by atoms with Gasteiger partial charge in [0, 0.05) is 13.6 Å². The highest BCUT2D eigenvalue weighted by molar-refractivity contribution is 5.83. The number of hydrogen-bond donors (Lipinski definition) is 3. The van der Waals surface area contributed by atoms with Gasteiger partial charge in [0.1, 0.15) is 5.52 Å². The Labute approximate surface area is 119 Å². The zero-order valence-electron chi connectivity index (χ0n) is 12.9. The molecule has 2 aromatic rings. The molecule has 0 unspecified atom stereocenters. The van der Waals surface area contributed by atoms with Crippen LogP contribution < -0.4 is 10.6 Å². The van der Waals surface area contributed by atoms with Gasteiger partial charge in [0.2, 0.25) is 5.95 Å². The van der Waals surface area contributed by atoms with E-state index >= 15 is 0 Å². The van der Waals surface area contributed by atoms with Crippen LogP contribution >= 0.6 is 0 Å². The standard InChI is InChI=1S/C14H24N6/c1-8(2)10(9(3)4)6-16-12-11-13(18-7-17-11)20-14(15-5)19-12/h7-10H,6H2,1-5H3,(H3,15,16,17,18,19,20). The molecule has 110 valence electrons. The molecule has 2 rings (SSSR count). The first-order chi connectivity index (χ1) is 9.52. The summed E-state index contributed by atoms with van der Waals surface area (Å²) in [5.74, 6) is 3.25. The summed E-state index contributed by atoms with van der Waals surface area (Å²) in [5.41, 5.74) is 1.53. The van der Waals surface area contributed by atoms with Crippen LogP contribution in [0.1, 0.15) is 27.7 Å². The molecule has 0 radical (unpaired) electrons. The van der Waals surface area contributed by atoms with Crippen LogP contribution in [-0.2, 0) is 0 Å². The van der Waals surface area contributed by atoms with Gasteiger partial charge in [-0.15, -0.1) is 0 Å². The normalized spacial score (nSPS) is 11.8. The van der Waals surface area contributed by atoms with Gasteiger partial charge in [-0.1, -0.05) is 27.7 Å². The van der Waals surface area contributed by atoms with E-state index in [0.717, 1.165) is 17.9 Å². The molecule has 0 aliphatic carbocycles. The van der Waals surface area contributed by atoms with Crippen molar-refractivity contribution in [1.29, 1.82) is 0 Å². The summed E-state index contributed by atoms with van der Waals surface area (Å²) in [6, 6.07) is 0. The maximum absolute atomic E-state index is 4.48. The van der Waals surface area contributed by atoms with Crippen molar-refractivity contribution in [2.24, 2.45) is 17.8 Å². The van der Waals surface area contributed by atoms with E-state index in [2.05, 4.69) is 58.3 Å². The molecule has 20 heavy (non-hydrogen) atoms. The number of aromatic nitrogens is 4. The van der Waals surface area contributed by atoms with E-state index in [4.69, 9.17) is 0 Å². The van der Waals surface area contributed by atoms with Crippen LogP contribution in [-0.4, -0.2) is 33.5 Å². The smallest absolute Gasteiger partial charge is 0.226 e. The number of nitrogens with zero attached hydrogens (tertiary/aromatic N) is 3. The molecular formula is C14H24N6. The van der Waals surface area contributed by atoms with Gasteiger partial charge in [-0.25, -0.2) is 4.98 Å². The first-order valence-corrected chi connectivity index (χ1v) is 7.15. The molecule has 2 aromatic heterocycles. The molecule has 0 amide bonds. The topological polar surface area (TPSA) is 78.5 Å². The van der Waals surface area contributed by atoms with Crippen molar-refractivity contribution in [2.75, 3.05) is 24.2 Å². The summed E-state index contributed by atoms with van der Waals surface area (Å²) in [7, 11) is 1.81. The van der Waals surface area contributed by atoms with Gasteiger partial charge in [-0.2, -0.15) is 9.97 Å².